The molecule has 4 heteroatoms. The van der Waals surface area contributed by atoms with Crippen molar-refractivity contribution in [1.82, 2.24) is 4.90 Å². The Morgan fingerprint density at radius 3 is 2.91 bits per heavy atom. The summed E-state index contributed by atoms with van der Waals surface area (Å²) in [7, 11) is 0. The second kappa shape index (κ2) is 6.52. The van der Waals surface area contributed by atoms with Gasteiger partial charge in [-0.05, 0) is 62.3 Å². The summed E-state index contributed by atoms with van der Waals surface area (Å²) in [6.45, 7) is 7.46. The van der Waals surface area contributed by atoms with Gasteiger partial charge in [0.25, 0.3) is 0 Å². The molecule has 1 saturated carbocycles. The van der Waals surface area contributed by atoms with Gasteiger partial charge < -0.3 is 14.7 Å². The van der Waals surface area contributed by atoms with E-state index >= 15 is 0 Å². The molecule has 0 unspecified atom stereocenters. The van der Waals surface area contributed by atoms with Gasteiger partial charge in [-0.15, -0.1) is 0 Å². The van der Waals surface area contributed by atoms with Crippen LogP contribution in [0.1, 0.15) is 36.8 Å². The van der Waals surface area contributed by atoms with Crippen LogP contribution >= 0.6 is 0 Å². The van der Waals surface area contributed by atoms with Crippen LogP contribution in [0.2, 0.25) is 0 Å². The summed E-state index contributed by atoms with van der Waals surface area (Å²) in [6, 6.07) is 6.18. The molecule has 1 aromatic rings. The van der Waals surface area contributed by atoms with E-state index in [0.29, 0.717) is 12.5 Å². The molecule has 1 aliphatic carbocycles. The predicted octanol–water partition coefficient (Wildman–Crippen LogP) is 3.26. The van der Waals surface area contributed by atoms with E-state index in [1.807, 2.05) is 6.07 Å². The highest BCUT2D eigenvalue weighted by Gasteiger charge is 2.54. The molecule has 0 spiro atoms. The number of ether oxygens (including phenoxy) is 1. The fourth-order valence-electron chi connectivity index (χ4n) is 4.20. The third kappa shape index (κ3) is 3.23. The van der Waals surface area contributed by atoms with E-state index < -0.39 is 11.4 Å². The van der Waals surface area contributed by atoms with Crippen molar-refractivity contribution in [2.75, 3.05) is 26.2 Å². The maximum Gasteiger partial charge on any atom is 0.311 e. The van der Waals surface area contributed by atoms with Gasteiger partial charge in [-0.3, -0.25) is 4.79 Å². The summed E-state index contributed by atoms with van der Waals surface area (Å²) < 4.78 is 5.83. The summed E-state index contributed by atoms with van der Waals surface area (Å²) in [6.07, 6.45) is 3.93. The normalized spacial score (nSPS) is 27.1. The molecular formula is C19H27NO3. The molecule has 4 nitrogen and oxygen atoms in total. The molecule has 1 N–H and O–H groups in total. The first kappa shape index (κ1) is 16.3. The minimum absolute atomic E-state index is 0.348. The van der Waals surface area contributed by atoms with Crippen molar-refractivity contribution in [1.29, 1.82) is 0 Å². The van der Waals surface area contributed by atoms with Crippen LogP contribution in [0.3, 0.4) is 0 Å². The second-order valence-electron chi connectivity index (χ2n) is 7.23. The number of carbonyl (C=O) groups is 1. The summed E-state index contributed by atoms with van der Waals surface area (Å²) in [5.74, 6) is 0.683. The lowest BCUT2D eigenvalue weighted by atomic mass is 9.81. The van der Waals surface area contributed by atoms with Gasteiger partial charge in [0.15, 0.2) is 0 Å². The SMILES string of the molecule is Cc1ccc(OCCCN2C[C@@H]3CCC[C@@]3(C(=O)O)C2)cc1C. The van der Waals surface area contributed by atoms with Crippen LogP contribution in [0.5, 0.6) is 5.75 Å². The van der Waals surface area contributed by atoms with Gasteiger partial charge in [0.2, 0.25) is 0 Å². The Morgan fingerprint density at radius 2 is 2.22 bits per heavy atom. The van der Waals surface area contributed by atoms with Crippen LogP contribution in [0, 0.1) is 25.2 Å². The zero-order valence-electron chi connectivity index (χ0n) is 14.2. The zero-order valence-corrected chi connectivity index (χ0v) is 14.2. The van der Waals surface area contributed by atoms with E-state index in [1.54, 1.807) is 0 Å². The van der Waals surface area contributed by atoms with Crippen molar-refractivity contribution in [3.8, 4) is 5.75 Å². The van der Waals surface area contributed by atoms with Crippen molar-refractivity contribution >= 4 is 5.97 Å². The number of aliphatic carboxylic acids is 1. The largest absolute Gasteiger partial charge is 0.494 e. The molecule has 2 aliphatic rings. The van der Waals surface area contributed by atoms with Gasteiger partial charge in [0.1, 0.15) is 5.75 Å². The standard InChI is InChI=1S/C19H27NO3/c1-14-6-7-17(11-15(14)2)23-10-4-9-20-12-16-5-3-8-19(16,13-20)18(21)22/h6-7,11,16H,3-5,8-10,12-13H2,1-2H3,(H,21,22)/t16-,19+/m0/s1. The van der Waals surface area contributed by atoms with E-state index in [4.69, 9.17) is 4.74 Å². The molecule has 1 heterocycles. The van der Waals surface area contributed by atoms with Gasteiger partial charge in [-0.1, -0.05) is 12.5 Å². The summed E-state index contributed by atoms with van der Waals surface area (Å²) in [4.78, 5) is 14.0. The second-order valence-corrected chi connectivity index (χ2v) is 7.23. The van der Waals surface area contributed by atoms with E-state index in [2.05, 4.69) is 30.9 Å². The molecule has 23 heavy (non-hydrogen) atoms. The number of aryl methyl sites for hydroxylation is 2. The maximum atomic E-state index is 11.7. The Hall–Kier alpha value is -1.55. The van der Waals surface area contributed by atoms with Crippen LogP contribution in [0.15, 0.2) is 18.2 Å². The molecule has 126 valence electrons. The minimum Gasteiger partial charge on any atom is -0.494 e. The minimum atomic E-state index is -0.589. The molecular weight excluding hydrogens is 290 g/mol. The molecule has 0 radical (unpaired) electrons. The Balaban J connectivity index is 1.45. The van der Waals surface area contributed by atoms with E-state index in [1.165, 1.54) is 11.1 Å². The molecule has 0 amide bonds. The monoisotopic (exact) mass is 317 g/mol. The van der Waals surface area contributed by atoms with Crippen LogP contribution in [0.25, 0.3) is 0 Å². The van der Waals surface area contributed by atoms with Crippen molar-refractivity contribution in [3.05, 3.63) is 29.3 Å². The molecule has 1 saturated heterocycles. The van der Waals surface area contributed by atoms with Crippen molar-refractivity contribution in [3.63, 3.8) is 0 Å². The first-order valence-corrected chi connectivity index (χ1v) is 8.67. The molecule has 2 atom stereocenters. The van der Waals surface area contributed by atoms with Gasteiger partial charge in [-0.25, -0.2) is 0 Å². The Kier molecular flexibility index (Phi) is 4.62. The fourth-order valence-corrected chi connectivity index (χ4v) is 4.20. The lowest BCUT2D eigenvalue weighted by Gasteiger charge is -2.23. The van der Waals surface area contributed by atoms with Crippen molar-refractivity contribution in [2.24, 2.45) is 11.3 Å². The number of hydrogen-bond donors (Lipinski definition) is 1. The highest BCUT2D eigenvalue weighted by molar-refractivity contribution is 5.76. The number of carboxylic acid groups (broad SMARTS) is 1. The first-order chi connectivity index (χ1) is 11.0. The average molecular weight is 317 g/mol. The highest BCUT2D eigenvalue weighted by atomic mass is 16.5. The summed E-state index contributed by atoms with van der Waals surface area (Å²) >= 11 is 0. The van der Waals surface area contributed by atoms with E-state index in [0.717, 1.165) is 51.1 Å². The number of likely N-dealkylation sites (tertiary alicyclic amines) is 1. The molecule has 0 aromatic heterocycles. The zero-order chi connectivity index (χ0) is 16.4. The third-order valence-electron chi connectivity index (χ3n) is 5.73. The predicted molar refractivity (Wildman–Crippen MR) is 89.9 cm³/mol. The maximum absolute atomic E-state index is 11.7. The van der Waals surface area contributed by atoms with E-state index in [-0.39, 0.29) is 0 Å². The van der Waals surface area contributed by atoms with Gasteiger partial charge in [0.05, 0.1) is 12.0 Å². The Bertz CT molecular complexity index is 586. The fraction of sp³-hybridized carbons (Fsp3) is 0.632. The summed E-state index contributed by atoms with van der Waals surface area (Å²) in [5, 5.41) is 9.61. The molecule has 3 rings (SSSR count). The third-order valence-corrected chi connectivity index (χ3v) is 5.73. The Morgan fingerprint density at radius 1 is 1.39 bits per heavy atom. The molecule has 1 aliphatic heterocycles. The van der Waals surface area contributed by atoms with Crippen LogP contribution in [-0.4, -0.2) is 42.2 Å². The average Bonchev–Trinajstić information content (AvgIpc) is 3.05. The number of carboxylic acids is 1. The van der Waals surface area contributed by atoms with Crippen LogP contribution in [-0.2, 0) is 4.79 Å². The Labute approximate surface area is 138 Å². The number of rotatable bonds is 6. The van der Waals surface area contributed by atoms with E-state index in [9.17, 15) is 9.90 Å². The molecule has 0 bridgehead atoms. The number of benzene rings is 1. The quantitative estimate of drug-likeness (QED) is 0.818. The highest BCUT2D eigenvalue weighted by Crippen LogP contribution is 2.48. The summed E-state index contributed by atoms with van der Waals surface area (Å²) in [5.41, 5.74) is 2.06. The van der Waals surface area contributed by atoms with Crippen molar-refractivity contribution < 1.29 is 14.6 Å². The van der Waals surface area contributed by atoms with Crippen LogP contribution in [0.4, 0.5) is 0 Å². The lowest BCUT2D eigenvalue weighted by molar-refractivity contribution is -0.149. The van der Waals surface area contributed by atoms with Crippen LogP contribution < -0.4 is 4.74 Å². The van der Waals surface area contributed by atoms with Gasteiger partial charge in [0, 0.05) is 19.6 Å². The first-order valence-electron chi connectivity index (χ1n) is 8.67. The van der Waals surface area contributed by atoms with Gasteiger partial charge >= 0.3 is 5.97 Å². The number of hydrogen-bond acceptors (Lipinski definition) is 3. The van der Waals surface area contributed by atoms with Crippen molar-refractivity contribution in [2.45, 2.75) is 39.5 Å². The number of fused-ring (bicyclic) bond motifs is 1. The smallest absolute Gasteiger partial charge is 0.311 e. The molecule has 1 aromatic carbocycles. The number of nitrogens with zero attached hydrogens (tertiary/aromatic N) is 1. The molecule has 2 fully saturated rings. The van der Waals surface area contributed by atoms with Gasteiger partial charge in [-0.2, -0.15) is 0 Å². The topological polar surface area (TPSA) is 49.8 Å². The lowest BCUT2D eigenvalue weighted by Crippen LogP contribution is -2.36.